The van der Waals surface area contributed by atoms with Gasteiger partial charge in [-0.25, -0.2) is 0 Å². The molecule has 0 bridgehead atoms. The molecule has 1 fully saturated rings. The number of unbranched alkanes of at least 4 members (excludes halogenated alkanes) is 4. The third-order valence-electron chi connectivity index (χ3n) is 2.84. The van der Waals surface area contributed by atoms with E-state index in [1.165, 1.54) is 0 Å². The summed E-state index contributed by atoms with van der Waals surface area (Å²) in [5, 5.41) is 8.98. The van der Waals surface area contributed by atoms with Crippen molar-refractivity contribution >= 4 is 17.8 Å². The molecule has 1 atom stereocenters. The van der Waals surface area contributed by atoms with Crippen LogP contribution in [0.5, 0.6) is 0 Å². The number of rotatable bonds is 7. The Morgan fingerprint density at radius 1 is 1.33 bits per heavy atom. The molecule has 0 aromatic carbocycles. The van der Waals surface area contributed by atoms with Crippen molar-refractivity contribution in [3.8, 4) is 0 Å². The lowest BCUT2D eigenvalue weighted by molar-refractivity contribution is -0.176. The first-order valence-electron chi connectivity index (χ1n) is 6.31. The molecule has 6 heteroatoms. The zero-order valence-corrected chi connectivity index (χ0v) is 10.6. The number of amides is 2. The van der Waals surface area contributed by atoms with Crippen LogP contribution in [0.1, 0.15) is 51.9 Å². The summed E-state index contributed by atoms with van der Waals surface area (Å²) in [5.41, 5.74) is 0. The molecule has 6 nitrogen and oxygen atoms in total. The summed E-state index contributed by atoms with van der Waals surface area (Å²) < 4.78 is 4.86. The van der Waals surface area contributed by atoms with E-state index in [0.717, 1.165) is 32.1 Å². The molecular formula is C12H19NO5. The van der Waals surface area contributed by atoms with Crippen molar-refractivity contribution in [2.45, 2.75) is 58.0 Å². The molecule has 0 saturated carbocycles. The number of carbonyl (C=O) groups excluding carboxylic acids is 3. The van der Waals surface area contributed by atoms with E-state index in [1.54, 1.807) is 0 Å². The smallest absolute Gasteiger partial charge is 0.306 e. The second-order valence-corrected chi connectivity index (χ2v) is 4.39. The lowest BCUT2D eigenvalue weighted by Gasteiger charge is -2.09. The molecule has 0 aromatic heterocycles. The number of hydrogen-bond donors (Lipinski definition) is 1. The van der Waals surface area contributed by atoms with E-state index in [0.29, 0.717) is 0 Å². The molecule has 18 heavy (non-hydrogen) atoms. The van der Waals surface area contributed by atoms with Crippen molar-refractivity contribution in [1.82, 2.24) is 5.06 Å². The molecule has 1 aliphatic rings. The Bertz CT molecular complexity index is 328. The Hall–Kier alpha value is -1.43. The number of nitrogens with zero attached hydrogens (tertiary/aromatic N) is 1. The molecule has 1 saturated heterocycles. The lowest BCUT2D eigenvalue weighted by atomic mass is 10.1. The van der Waals surface area contributed by atoms with Crippen LogP contribution in [-0.2, 0) is 19.1 Å². The normalized spacial score (nSPS) is 19.4. The quantitative estimate of drug-likeness (QED) is 0.322. The van der Waals surface area contributed by atoms with Crippen molar-refractivity contribution in [2.24, 2.45) is 0 Å². The number of hydroxylamine groups is 2. The van der Waals surface area contributed by atoms with Gasteiger partial charge >= 0.3 is 5.97 Å². The summed E-state index contributed by atoms with van der Waals surface area (Å²) in [4.78, 5) is 33.6. The first-order chi connectivity index (χ1) is 8.56. The Morgan fingerprint density at radius 2 is 2.00 bits per heavy atom. The molecule has 0 spiro atoms. The fourth-order valence-electron chi connectivity index (χ4n) is 1.77. The van der Waals surface area contributed by atoms with Gasteiger partial charge in [0.05, 0.1) is 6.42 Å². The van der Waals surface area contributed by atoms with Gasteiger partial charge in [0.1, 0.15) is 0 Å². The summed E-state index contributed by atoms with van der Waals surface area (Å²) in [5.74, 6) is -2.09. The first kappa shape index (κ1) is 14.6. The largest absolute Gasteiger partial charge is 0.452 e. The predicted molar refractivity (Wildman–Crippen MR) is 61.5 cm³/mol. The van der Waals surface area contributed by atoms with E-state index >= 15 is 0 Å². The van der Waals surface area contributed by atoms with Crippen LogP contribution in [0, 0.1) is 0 Å². The molecule has 102 valence electrons. The van der Waals surface area contributed by atoms with Crippen LogP contribution >= 0.6 is 0 Å². The molecule has 1 heterocycles. The highest BCUT2D eigenvalue weighted by molar-refractivity contribution is 6.04. The van der Waals surface area contributed by atoms with Crippen molar-refractivity contribution in [2.75, 3.05) is 0 Å². The van der Waals surface area contributed by atoms with Crippen molar-refractivity contribution in [1.29, 1.82) is 0 Å². The molecule has 1 N–H and O–H groups in total. The van der Waals surface area contributed by atoms with Crippen molar-refractivity contribution in [3.63, 3.8) is 0 Å². The maximum atomic E-state index is 11.4. The molecule has 0 radical (unpaired) electrons. The molecule has 2 amide bonds. The predicted octanol–water partition coefficient (Wildman–Crippen LogP) is 1.41. The minimum atomic E-state index is -1.15. The minimum absolute atomic E-state index is 0.0131. The number of esters is 1. The highest BCUT2D eigenvalue weighted by Gasteiger charge is 2.40. The molecule has 1 aliphatic heterocycles. The number of imide groups is 1. The van der Waals surface area contributed by atoms with E-state index in [4.69, 9.17) is 9.94 Å². The van der Waals surface area contributed by atoms with Gasteiger partial charge in [-0.15, -0.1) is 0 Å². The highest BCUT2D eigenvalue weighted by atomic mass is 16.6. The molecule has 1 unspecified atom stereocenters. The molecular weight excluding hydrogens is 238 g/mol. The summed E-state index contributed by atoms with van der Waals surface area (Å²) in [6.07, 6.45) is 3.85. The molecule has 0 aliphatic carbocycles. The van der Waals surface area contributed by atoms with Crippen molar-refractivity contribution in [3.05, 3.63) is 0 Å². The number of carbonyl (C=O) groups is 3. The topological polar surface area (TPSA) is 83.9 Å². The lowest BCUT2D eigenvalue weighted by Crippen LogP contribution is -2.30. The highest BCUT2D eigenvalue weighted by Crippen LogP contribution is 2.15. The van der Waals surface area contributed by atoms with E-state index in [2.05, 4.69) is 6.92 Å². The SMILES string of the molecule is CCCCCCCC(=O)OC1CC(=O)N(O)C1=O. The Labute approximate surface area is 106 Å². The van der Waals surface area contributed by atoms with Gasteiger partial charge in [-0.3, -0.25) is 19.6 Å². The minimum Gasteiger partial charge on any atom is -0.452 e. The fourth-order valence-corrected chi connectivity index (χ4v) is 1.77. The zero-order valence-electron chi connectivity index (χ0n) is 10.6. The van der Waals surface area contributed by atoms with Crippen LogP contribution in [0.3, 0.4) is 0 Å². The Kier molecular flexibility index (Phi) is 5.77. The van der Waals surface area contributed by atoms with Crippen LogP contribution in [0.4, 0.5) is 0 Å². The second-order valence-electron chi connectivity index (χ2n) is 4.39. The molecule has 1 rings (SSSR count). The van der Waals surface area contributed by atoms with E-state index in [9.17, 15) is 14.4 Å². The Morgan fingerprint density at radius 3 is 2.56 bits per heavy atom. The summed E-state index contributed by atoms with van der Waals surface area (Å²) in [6, 6.07) is 0. The third-order valence-corrected chi connectivity index (χ3v) is 2.84. The van der Waals surface area contributed by atoms with Gasteiger partial charge in [0.25, 0.3) is 11.8 Å². The number of hydrogen-bond acceptors (Lipinski definition) is 5. The van der Waals surface area contributed by atoms with Gasteiger partial charge in [-0.2, -0.15) is 5.06 Å². The van der Waals surface area contributed by atoms with Gasteiger partial charge in [0.15, 0.2) is 6.10 Å². The van der Waals surface area contributed by atoms with E-state index in [-0.39, 0.29) is 17.9 Å². The maximum absolute atomic E-state index is 11.4. The van der Waals surface area contributed by atoms with Gasteiger partial charge < -0.3 is 4.74 Å². The van der Waals surface area contributed by atoms with Gasteiger partial charge in [0, 0.05) is 6.42 Å². The van der Waals surface area contributed by atoms with Crippen LogP contribution in [0.25, 0.3) is 0 Å². The van der Waals surface area contributed by atoms with E-state index < -0.39 is 23.9 Å². The van der Waals surface area contributed by atoms with Crippen LogP contribution in [0.2, 0.25) is 0 Å². The van der Waals surface area contributed by atoms with Crippen LogP contribution in [-0.4, -0.2) is 34.2 Å². The van der Waals surface area contributed by atoms with E-state index in [1.807, 2.05) is 0 Å². The molecule has 0 aromatic rings. The number of ether oxygens (including phenoxy) is 1. The average molecular weight is 257 g/mol. The maximum Gasteiger partial charge on any atom is 0.306 e. The average Bonchev–Trinajstić information content (AvgIpc) is 2.57. The van der Waals surface area contributed by atoms with Crippen molar-refractivity contribution < 1.29 is 24.3 Å². The summed E-state index contributed by atoms with van der Waals surface area (Å²) >= 11 is 0. The van der Waals surface area contributed by atoms with Crippen LogP contribution < -0.4 is 0 Å². The standard InChI is InChI=1S/C12H19NO5/c1-2-3-4-5-6-7-11(15)18-9-8-10(14)13(17)12(9)16/h9,17H,2-8H2,1H3. The van der Waals surface area contributed by atoms with Gasteiger partial charge in [-0.05, 0) is 6.42 Å². The monoisotopic (exact) mass is 257 g/mol. The van der Waals surface area contributed by atoms with Gasteiger partial charge in [-0.1, -0.05) is 32.6 Å². The Balaban J connectivity index is 2.21. The fraction of sp³-hybridized carbons (Fsp3) is 0.750. The van der Waals surface area contributed by atoms with Gasteiger partial charge in [0.2, 0.25) is 0 Å². The summed E-state index contributed by atoms with van der Waals surface area (Å²) in [7, 11) is 0. The second kappa shape index (κ2) is 7.10. The first-order valence-corrected chi connectivity index (χ1v) is 6.31. The summed E-state index contributed by atoms with van der Waals surface area (Å²) in [6.45, 7) is 2.11. The van der Waals surface area contributed by atoms with Crippen LogP contribution in [0.15, 0.2) is 0 Å². The third kappa shape index (κ3) is 4.10. The zero-order chi connectivity index (χ0) is 13.5.